The second-order valence-electron chi connectivity index (χ2n) is 4.98. The summed E-state index contributed by atoms with van der Waals surface area (Å²) in [6.45, 7) is 0. The average molecular weight is 736 g/mol. The van der Waals surface area contributed by atoms with Gasteiger partial charge < -0.3 is 9.47 Å². The van der Waals surface area contributed by atoms with Gasteiger partial charge in [0.2, 0.25) is 5.90 Å². The first-order valence-electron chi connectivity index (χ1n) is 6.90. The van der Waals surface area contributed by atoms with E-state index in [9.17, 15) is 4.79 Å². The molecular weight excluding hydrogens is 727 g/mol. The van der Waals surface area contributed by atoms with Crippen LogP contribution in [0.4, 0.5) is 0 Å². The van der Waals surface area contributed by atoms with Gasteiger partial charge in [0, 0.05) is 22.7 Å². The smallest absolute Gasteiger partial charge is 0.363 e. The van der Waals surface area contributed by atoms with Crippen LogP contribution >= 0.6 is 83.7 Å². The van der Waals surface area contributed by atoms with E-state index < -0.39 is 5.97 Å². The third-order valence-electron chi connectivity index (χ3n) is 3.32. The van der Waals surface area contributed by atoms with Crippen molar-refractivity contribution in [1.82, 2.24) is 0 Å². The van der Waals surface area contributed by atoms with Crippen molar-refractivity contribution in [2.24, 2.45) is 4.99 Å². The average Bonchev–Trinajstić information content (AvgIpc) is 2.90. The van der Waals surface area contributed by atoms with E-state index in [0.29, 0.717) is 11.6 Å². The Morgan fingerprint density at radius 1 is 1.16 bits per heavy atom. The van der Waals surface area contributed by atoms with E-state index >= 15 is 0 Å². The summed E-state index contributed by atoms with van der Waals surface area (Å²) in [5.41, 5.74) is 1.79. The number of rotatable bonds is 3. The van der Waals surface area contributed by atoms with Crippen LogP contribution in [0.25, 0.3) is 6.08 Å². The maximum absolute atomic E-state index is 12.2. The Labute approximate surface area is 194 Å². The lowest BCUT2D eigenvalue weighted by Crippen LogP contribution is -2.05. The number of aliphatic imine (C=N–C) groups is 1. The monoisotopic (exact) mass is 735 g/mol. The molecule has 2 aromatic carbocycles. The molecule has 0 N–H and O–H groups in total. The van der Waals surface area contributed by atoms with Crippen molar-refractivity contribution >= 4 is 102 Å². The van der Waals surface area contributed by atoms with Crippen LogP contribution in [-0.4, -0.2) is 19.0 Å². The molecule has 128 valence electrons. The molecule has 0 saturated carbocycles. The van der Waals surface area contributed by atoms with Crippen LogP contribution in [0.15, 0.2) is 45.5 Å². The summed E-state index contributed by atoms with van der Waals surface area (Å²) in [4.78, 5) is 16.6. The summed E-state index contributed by atoms with van der Waals surface area (Å²) in [5.74, 6) is 0.537. The molecule has 0 radical (unpaired) electrons. The van der Waals surface area contributed by atoms with Gasteiger partial charge in [0.25, 0.3) is 0 Å². The number of benzene rings is 2. The molecule has 1 aliphatic rings. The Hall–Kier alpha value is -0.210. The molecule has 2 aromatic rings. The van der Waals surface area contributed by atoms with E-state index in [-0.39, 0.29) is 5.70 Å². The van der Waals surface area contributed by atoms with Crippen LogP contribution in [0.3, 0.4) is 0 Å². The fourth-order valence-corrected chi connectivity index (χ4v) is 5.04. The fraction of sp³-hybridized carbons (Fsp3) is 0.0588. The molecule has 1 heterocycles. The Morgan fingerprint density at radius 2 is 1.92 bits per heavy atom. The van der Waals surface area contributed by atoms with Gasteiger partial charge in [0.15, 0.2) is 5.70 Å². The molecule has 0 unspecified atom stereocenters. The molecule has 0 atom stereocenters. The van der Waals surface area contributed by atoms with Crippen molar-refractivity contribution in [2.45, 2.75) is 0 Å². The first kappa shape index (κ1) is 19.5. The van der Waals surface area contributed by atoms with E-state index in [0.717, 1.165) is 26.3 Å². The number of ether oxygens (including phenoxy) is 2. The minimum Gasteiger partial charge on any atom is -0.495 e. The highest BCUT2D eigenvalue weighted by atomic mass is 127. The molecule has 0 saturated heterocycles. The maximum atomic E-state index is 12.2. The lowest BCUT2D eigenvalue weighted by atomic mass is 10.1. The van der Waals surface area contributed by atoms with Gasteiger partial charge in [0.1, 0.15) is 5.75 Å². The third-order valence-corrected chi connectivity index (χ3v) is 7.08. The number of hydrogen-bond acceptors (Lipinski definition) is 4. The summed E-state index contributed by atoms with van der Waals surface area (Å²) >= 11 is 10.1. The second-order valence-corrected chi connectivity index (χ2v) is 9.40. The van der Waals surface area contributed by atoms with Crippen LogP contribution in [0.2, 0.25) is 0 Å². The van der Waals surface area contributed by atoms with Crippen LogP contribution in [0, 0.1) is 10.7 Å². The van der Waals surface area contributed by atoms with Crippen molar-refractivity contribution in [1.29, 1.82) is 0 Å². The Morgan fingerprint density at radius 3 is 2.60 bits per heavy atom. The van der Waals surface area contributed by atoms with Crippen LogP contribution in [0.5, 0.6) is 5.75 Å². The largest absolute Gasteiger partial charge is 0.495 e. The zero-order valence-electron chi connectivity index (χ0n) is 12.6. The van der Waals surface area contributed by atoms with Crippen molar-refractivity contribution < 1.29 is 14.3 Å². The topological polar surface area (TPSA) is 47.9 Å². The number of carbonyl (C=O) groups excluding carboxylic acids is 1. The summed E-state index contributed by atoms with van der Waals surface area (Å²) < 4.78 is 14.8. The first-order chi connectivity index (χ1) is 11.9. The molecule has 1 aliphatic heterocycles. The standard InChI is InChI=1S/C17H9BrI3NO3/c1-24-15-9(4-10(19)7-13(15)21)6-14-17(23)25-16(22-14)8-2-3-12(20)11(18)5-8/h2-7H,1H3/b14-6-. The van der Waals surface area contributed by atoms with E-state index in [4.69, 9.17) is 9.47 Å². The lowest BCUT2D eigenvalue weighted by molar-refractivity contribution is -0.129. The predicted molar refractivity (Wildman–Crippen MR) is 126 cm³/mol. The molecule has 0 bridgehead atoms. The number of halogens is 4. The minimum atomic E-state index is -0.472. The molecule has 0 fully saturated rings. The van der Waals surface area contributed by atoms with Gasteiger partial charge in [-0.3, -0.25) is 0 Å². The van der Waals surface area contributed by atoms with Gasteiger partial charge in [0.05, 0.1) is 10.7 Å². The van der Waals surface area contributed by atoms with Gasteiger partial charge in [-0.05, 0) is 120 Å². The third kappa shape index (κ3) is 4.38. The SMILES string of the molecule is COc1c(I)cc(I)cc1/C=C1\N=C(c2ccc(I)c(Br)c2)OC1=O. The zero-order chi connectivity index (χ0) is 18.1. The van der Waals surface area contributed by atoms with Crippen molar-refractivity contribution in [3.05, 3.63) is 62.3 Å². The molecule has 0 amide bonds. The molecule has 8 heteroatoms. The lowest BCUT2D eigenvalue weighted by Gasteiger charge is -2.08. The highest BCUT2D eigenvalue weighted by molar-refractivity contribution is 14.1. The summed E-state index contributed by atoms with van der Waals surface area (Å²) in [6.07, 6.45) is 1.69. The second kappa shape index (κ2) is 8.21. The predicted octanol–water partition coefficient (Wildman–Crippen LogP) is 5.62. The summed E-state index contributed by atoms with van der Waals surface area (Å²) in [7, 11) is 1.61. The fourth-order valence-electron chi connectivity index (χ4n) is 2.21. The van der Waals surface area contributed by atoms with Gasteiger partial charge in [-0.15, -0.1) is 0 Å². The van der Waals surface area contributed by atoms with Crippen LogP contribution in [0.1, 0.15) is 11.1 Å². The first-order valence-corrected chi connectivity index (χ1v) is 10.9. The molecule has 3 rings (SSSR count). The van der Waals surface area contributed by atoms with Crippen molar-refractivity contribution in [3.63, 3.8) is 0 Å². The van der Waals surface area contributed by atoms with Crippen LogP contribution in [-0.2, 0) is 9.53 Å². The van der Waals surface area contributed by atoms with Gasteiger partial charge in [-0.1, -0.05) is 0 Å². The highest BCUT2D eigenvalue weighted by Gasteiger charge is 2.25. The Balaban J connectivity index is 2.03. The normalized spacial score (nSPS) is 15.3. The number of carbonyl (C=O) groups is 1. The van der Waals surface area contributed by atoms with Crippen LogP contribution < -0.4 is 4.74 Å². The maximum Gasteiger partial charge on any atom is 0.363 e. The van der Waals surface area contributed by atoms with E-state index in [1.807, 2.05) is 30.3 Å². The van der Waals surface area contributed by atoms with Gasteiger partial charge in [-0.25, -0.2) is 9.79 Å². The minimum absolute atomic E-state index is 0.251. The Kier molecular flexibility index (Phi) is 6.42. The quantitative estimate of drug-likeness (QED) is 0.234. The van der Waals surface area contributed by atoms with Gasteiger partial charge >= 0.3 is 5.97 Å². The number of hydrogen-bond donors (Lipinski definition) is 0. The number of nitrogens with zero attached hydrogens (tertiary/aromatic N) is 1. The Bertz CT molecular complexity index is 941. The van der Waals surface area contributed by atoms with Crippen molar-refractivity contribution in [3.8, 4) is 5.75 Å². The number of methoxy groups -OCH3 is 1. The molecular formula is C17H9BrI3NO3. The summed E-state index contributed by atoms with van der Waals surface area (Å²) in [5, 5.41) is 0. The highest BCUT2D eigenvalue weighted by Crippen LogP contribution is 2.31. The van der Waals surface area contributed by atoms with Gasteiger partial charge in [-0.2, -0.15) is 0 Å². The van der Waals surface area contributed by atoms with E-state index in [1.54, 1.807) is 13.2 Å². The molecule has 0 aliphatic carbocycles. The molecule has 0 spiro atoms. The summed E-state index contributed by atoms with van der Waals surface area (Å²) in [6, 6.07) is 9.63. The molecule has 25 heavy (non-hydrogen) atoms. The van der Waals surface area contributed by atoms with E-state index in [1.165, 1.54) is 0 Å². The van der Waals surface area contributed by atoms with E-state index in [2.05, 4.69) is 88.7 Å². The number of esters is 1. The molecule has 0 aromatic heterocycles. The van der Waals surface area contributed by atoms with Crippen molar-refractivity contribution in [2.75, 3.05) is 7.11 Å². The molecule has 4 nitrogen and oxygen atoms in total. The number of cyclic esters (lactones) is 1. The zero-order valence-corrected chi connectivity index (χ0v) is 20.7.